The molecule has 0 bridgehead atoms. The summed E-state index contributed by atoms with van der Waals surface area (Å²) in [5.74, 6) is -1.83. The molecular weight excluding hydrogens is 439 g/mol. The number of amides is 4. The molecule has 182 valence electrons. The molecule has 0 saturated carbocycles. The lowest BCUT2D eigenvalue weighted by Crippen LogP contribution is -2.44. The summed E-state index contributed by atoms with van der Waals surface area (Å²) in [6, 6.07) is 3.51. The number of cyclic esters (lactones) is 1. The van der Waals surface area contributed by atoms with Crippen LogP contribution >= 0.6 is 0 Å². The molecule has 0 aromatic heterocycles. The van der Waals surface area contributed by atoms with Crippen molar-refractivity contribution in [3.05, 3.63) is 29.6 Å². The van der Waals surface area contributed by atoms with Gasteiger partial charge in [-0.3, -0.25) is 15.1 Å². The molecule has 1 aromatic rings. The van der Waals surface area contributed by atoms with Crippen molar-refractivity contribution in [2.75, 3.05) is 18.0 Å². The molecule has 1 saturated heterocycles. The fraction of sp³-hybridized carbons (Fsp3) is 0.524. The van der Waals surface area contributed by atoms with Crippen molar-refractivity contribution in [1.29, 1.82) is 0 Å². The molecule has 3 N–H and O–H groups in total. The van der Waals surface area contributed by atoms with Crippen LogP contribution in [0.5, 0.6) is 0 Å². The van der Waals surface area contributed by atoms with E-state index in [4.69, 9.17) is 14.2 Å². The number of nitrogens with one attached hydrogen (secondary N) is 3. The highest BCUT2D eigenvalue weighted by Crippen LogP contribution is 2.24. The van der Waals surface area contributed by atoms with Crippen LogP contribution in [0.4, 0.5) is 24.5 Å². The van der Waals surface area contributed by atoms with Crippen molar-refractivity contribution in [3.63, 3.8) is 0 Å². The highest BCUT2D eigenvalue weighted by Gasteiger charge is 2.33. The van der Waals surface area contributed by atoms with Gasteiger partial charge in [-0.2, -0.15) is 0 Å². The van der Waals surface area contributed by atoms with Crippen molar-refractivity contribution in [2.45, 2.75) is 58.8 Å². The number of hydrazine groups is 1. The molecule has 33 heavy (non-hydrogen) atoms. The normalized spacial score (nSPS) is 16.0. The molecule has 1 aromatic carbocycles. The minimum atomic E-state index is -0.917. The summed E-state index contributed by atoms with van der Waals surface area (Å²) in [7, 11) is 0. The number of ether oxygens (including phenoxy) is 3. The van der Waals surface area contributed by atoms with Crippen molar-refractivity contribution in [1.82, 2.24) is 16.2 Å². The van der Waals surface area contributed by atoms with E-state index in [9.17, 15) is 23.6 Å². The number of alkyl carbamates (subject to hydrolysis) is 1. The first-order valence-electron chi connectivity index (χ1n) is 10.2. The van der Waals surface area contributed by atoms with Crippen LogP contribution in [0.25, 0.3) is 0 Å². The summed E-state index contributed by atoms with van der Waals surface area (Å²) in [6.45, 7) is 10.2. The molecule has 1 fully saturated rings. The van der Waals surface area contributed by atoms with Gasteiger partial charge in [0, 0.05) is 0 Å². The predicted octanol–water partition coefficient (Wildman–Crippen LogP) is 2.85. The molecule has 1 aliphatic heterocycles. The van der Waals surface area contributed by atoms with E-state index >= 15 is 0 Å². The second kappa shape index (κ2) is 9.92. The largest absolute Gasteiger partial charge is 0.444 e. The van der Waals surface area contributed by atoms with Gasteiger partial charge in [0.15, 0.2) is 0 Å². The van der Waals surface area contributed by atoms with E-state index in [0.29, 0.717) is 0 Å². The van der Waals surface area contributed by atoms with Crippen LogP contribution in [-0.2, 0) is 14.2 Å². The molecule has 2 rings (SSSR count). The monoisotopic (exact) mass is 468 g/mol. The topological polar surface area (TPSA) is 135 Å². The van der Waals surface area contributed by atoms with Crippen LogP contribution in [0.1, 0.15) is 51.9 Å². The third kappa shape index (κ3) is 8.13. The van der Waals surface area contributed by atoms with Crippen molar-refractivity contribution < 1.29 is 37.8 Å². The maximum absolute atomic E-state index is 14.5. The molecule has 11 nitrogen and oxygen atoms in total. The van der Waals surface area contributed by atoms with Gasteiger partial charge in [-0.1, -0.05) is 0 Å². The Morgan fingerprint density at radius 2 is 1.67 bits per heavy atom. The molecule has 12 heteroatoms. The maximum atomic E-state index is 14.5. The van der Waals surface area contributed by atoms with Gasteiger partial charge in [0.25, 0.3) is 5.91 Å². The van der Waals surface area contributed by atoms with E-state index in [2.05, 4.69) is 5.32 Å². The summed E-state index contributed by atoms with van der Waals surface area (Å²) >= 11 is 0. The Labute approximate surface area is 190 Å². The highest BCUT2D eigenvalue weighted by molar-refractivity contribution is 5.96. The number of hydrogen-bond donors (Lipinski definition) is 3. The van der Waals surface area contributed by atoms with Crippen LogP contribution < -0.4 is 21.1 Å². The van der Waals surface area contributed by atoms with E-state index in [1.807, 2.05) is 10.9 Å². The number of benzene rings is 1. The third-order valence-corrected chi connectivity index (χ3v) is 3.93. The smallest absolute Gasteiger partial charge is 0.426 e. The Bertz CT molecular complexity index is 924. The van der Waals surface area contributed by atoms with Gasteiger partial charge in [0.2, 0.25) is 0 Å². The van der Waals surface area contributed by atoms with Gasteiger partial charge < -0.3 is 19.5 Å². The van der Waals surface area contributed by atoms with Crippen LogP contribution in [0.2, 0.25) is 0 Å². The third-order valence-electron chi connectivity index (χ3n) is 3.93. The fourth-order valence-electron chi connectivity index (χ4n) is 2.68. The number of nitrogens with zero attached hydrogens (tertiary/aromatic N) is 1. The Hall–Kier alpha value is -3.57. The molecule has 1 aliphatic rings. The molecular formula is C21H29FN4O7. The van der Waals surface area contributed by atoms with Crippen LogP contribution in [0.3, 0.4) is 0 Å². The van der Waals surface area contributed by atoms with Gasteiger partial charge in [0.05, 0.1) is 24.3 Å². The first kappa shape index (κ1) is 25.7. The van der Waals surface area contributed by atoms with Gasteiger partial charge in [-0.25, -0.2) is 24.2 Å². The molecule has 0 spiro atoms. The SMILES string of the molecule is CC(C)(C)OC(=O)NCC1CN(c2ccc(C(=O)NNC(=O)OC(C)(C)C)c(F)c2)C(=O)O1. The average Bonchev–Trinajstić information content (AvgIpc) is 3.02. The van der Waals surface area contributed by atoms with Crippen molar-refractivity contribution in [3.8, 4) is 0 Å². The quantitative estimate of drug-likeness (QED) is 0.457. The minimum absolute atomic E-state index is 0.0104. The number of anilines is 1. The lowest BCUT2D eigenvalue weighted by molar-refractivity contribution is 0.0479. The lowest BCUT2D eigenvalue weighted by Gasteiger charge is -2.20. The van der Waals surface area contributed by atoms with Crippen molar-refractivity contribution >= 4 is 29.9 Å². The van der Waals surface area contributed by atoms with Gasteiger partial charge in [0.1, 0.15) is 23.1 Å². The molecule has 0 radical (unpaired) electrons. The number of halogens is 1. The lowest BCUT2D eigenvalue weighted by atomic mass is 10.1. The second-order valence-corrected chi connectivity index (χ2v) is 9.24. The molecule has 1 atom stereocenters. The summed E-state index contributed by atoms with van der Waals surface area (Å²) in [6.07, 6.45) is -2.96. The molecule has 1 heterocycles. The number of rotatable bonds is 4. The highest BCUT2D eigenvalue weighted by atomic mass is 19.1. The zero-order chi connectivity index (χ0) is 25.0. The van der Waals surface area contributed by atoms with Gasteiger partial charge in [-0.05, 0) is 59.7 Å². The summed E-state index contributed by atoms with van der Waals surface area (Å²) in [4.78, 5) is 48.9. The van der Waals surface area contributed by atoms with E-state index in [0.717, 1.165) is 12.1 Å². The van der Waals surface area contributed by atoms with Gasteiger partial charge in [-0.15, -0.1) is 0 Å². The fourth-order valence-corrected chi connectivity index (χ4v) is 2.68. The Morgan fingerprint density at radius 1 is 1.06 bits per heavy atom. The standard InChI is InChI=1S/C21H29FN4O7/c1-20(2,3)32-17(28)23-10-13-11-26(19(30)31-13)12-7-8-14(15(22)9-12)16(27)24-25-18(29)33-21(4,5)6/h7-9,13H,10-11H2,1-6H3,(H,23,28)(H,24,27)(H,25,29). The van der Waals surface area contributed by atoms with Crippen LogP contribution in [0.15, 0.2) is 18.2 Å². The first-order valence-corrected chi connectivity index (χ1v) is 10.2. The van der Waals surface area contributed by atoms with Crippen LogP contribution in [0, 0.1) is 5.82 Å². The molecule has 0 aliphatic carbocycles. The summed E-state index contributed by atoms with van der Waals surface area (Å²) in [5.41, 5.74) is 2.44. The number of carbonyl (C=O) groups excluding carboxylic acids is 4. The maximum Gasteiger partial charge on any atom is 0.426 e. The van der Waals surface area contributed by atoms with E-state index in [-0.39, 0.29) is 24.3 Å². The van der Waals surface area contributed by atoms with Crippen LogP contribution in [-0.4, -0.2) is 54.6 Å². The summed E-state index contributed by atoms with van der Waals surface area (Å²) in [5, 5.41) is 2.51. The van der Waals surface area contributed by atoms with Crippen molar-refractivity contribution in [2.24, 2.45) is 0 Å². The predicted molar refractivity (Wildman–Crippen MR) is 115 cm³/mol. The Morgan fingerprint density at radius 3 is 2.24 bits per heavy atom. The number of carbonyl (C=O) groups is 4. The zero-order valence-electron chi connectivity index (χ0n) is 19.4. The van der Waals surface area contributed by atoms with E-state index in [1.165, 1.54) is 11.0 Å². The molecule has 1 unspecified atom stereocenters. The first-order chi connectivity index (χ1) is 15.1. The average molecular weight is 468 g/mol. The Kier molecular flexibility index (Phi) is 7.72. The summed E-state index contributed by atoms with van der Waals surface area (Å²) < 4.78 is 29.8. The Balaban J connectivity index is 1.94. The van der Waals surface area contributed by atoms with E-state index < -0.39 is 47.3 Å². The van der Waals surface area contributed by atoms with Gasteiger partial charge >= 0.3 is 18.3 Å². The second-order valence-electron chi connectivity index (χ2n) is 9.24. The van der Waals surface area contributed by atoms with E-state index in [1.54, 1.807) is 41.5 Å². The number of hydrogen-bond acceptors (Lipinski definition) is 7. The zero-order valence-corrected chi connectivity index (χ0v) is 19.4. The minimum Gasteiger partial charge on any atom is -0.444 e. The molecule has 4 amide bonds.